The molecule has 2 N–H and O–H groups in total. The van der Waals surface area contributed by atoms with Crippen LogP contribution >= 0.6 is 23.8 Å². The number of ether oxygens (including phenoxy) is 3. The van der Waals surface area contributed by atoms with E-state index < -0.39 is 11.6 Å². The highest BCUT2D eigenvalue weighted by Gasteiger charge is 2.16. The smallest absolute Gasteiger partial charge is 0.191 e. The lowest BCUT2D eigenvalue weighted by Gasteiger charge is -2.32. The number of halogens is 3. The third-order valence-electron chi connectivity index (χ3n) is 7.20. The van der Waals surface area contributed by atoms with Crippen LogP contribution in [0.2, 0.25) is 5.02 Å². The highest BCUT2D eigenvalue weighted by Crippen LogP contribution is 2.38. The van der Waals surface area contributed by atoms with E-state index in [1.54, 1.807) is 37.6 Å². The van der Waals surface area contributed by atoms with Crippen molar-refractivity contribution in [3.63, 3.8) is 0 Å². The fraction of sp³-hybridized carbons (Fsp3) is 0.281. The quantitative estimate of drug-likeness (QED) is 0.0838. The summed E-state index contributed by atoms with van der Waals surface area (Å²) in [4.78, 5) is 9.24. The van der Waals surface area contributed by atoms with E-state index in [2.05, 4.69) is 37.7 Å². The first kappa shape index (κ1) is 32.3. The van der Waals surface area contributed by atoms with Crippen molar-refractivity contribution in [2.45, 2.75) is 6.42 Å². The molecule has 1 fully saturated rings. The number of rotatable bonds is 11. The first-order valence-electron chi connectivity index (χ1n) is 14.3. The molecule has 0 amide bonds. The molecule has 45 heavy (non-hydrogen) atoms. The molecule has 0 aliphatic carbocycles. The number of hydrogen-bond donors (Lipinski definition) is 2. The van der Waals surface area contributed by atoms with Crippen LogP contribution < -0.4 is 25.0 Å². The Hall–Kier alpha value is -4.10. The van der Waals surface area contributed by atoms with Crippen molar-refractivity contribution in [1.29, 1.82) is 0 Å². The molecule has 0 bridgehead atoms. The third-order valence-corrected chi connectivity index (χ3v) is 7.72. The van der Waals surface area contributed by atoms with E-state index in [0.29, 0.717) is 46.0 Å². The molecule has 2 heterocycles. The van der Waals surface area contributed by atoms with Crippen molar-refractivity contribution < 1.29 is 23.0 Å². The molecule has 1 aliphatic heterocycles. The van der Waals surface area contributed by atoms with Crippen LogP contribution in [0.3, 0.4) is 0 Å². The number of aromatic nitrogens is 1. The normalized spacial score (nSPS) is 14.1. The van der Waals surface area contributed by atoms with Crippen LogP contribution in [0.1, 0.15) is 12.0 Å². The van der Waals surface area contributed by atoms with Gasteiger partial charge in [-0.1, -0.05) is 11.6 Å². The summed E-state index contributed by atoms with van der Waals surface area (Å²) >= 11 is 11.2. The highest BCUT2D eigenvalue weighted by molar-refractivity contribution is 7.80. The Kier molecular flexibility index (Phi) is 11.0. The van der Waals surface area contributed by atoms with Crippen molar-refractivity contribution in [2.24, 2.45) is 5.10 Å². The second kappa shape index (κ2) is 15.3. The van der Waals surface area contributed by atoms with Crippen molar-refractivity contribution in [3.05, 3.63) is 83.0 Å². The van der Waals surface area contributed by atoms with E-state index in [1.165, 1.54) is 36.5 Å². The van der Waals surface area contributed by atoms with Crippen LogP contribution in [0.5, 0.6) is 23.0 Å². The van der Waals surface area contributed by atoms with Gasteiger partial charge in [-0.15, -0.1) is 0 Å². The zero-order valence-corrected chi connectivity index (χ0v) is 26.4. The number of methoxy groups -OCH3 is 1. The third kappa shape index (κ3) is 8.76. The predicted octanol–water partition coefficient (Wildman–Crippen LogP) is 6.30. The zero-order valence-electron chi connectivity index (χ0n) is 24.9. The van der Waals surface area contributed by atoms with E-state index in [-0.39, 0.29) is 15.9 Å². The van der Waals surface area contributed by atoms with Gasteiger partial charge >= 0.3 is 0 Å². The molecule has 0 spiro atoms. The minimum Gasteiger partial charge on any atom is -0.493 e. The van der Waals surface area contributed by atoms with Crippen molar-refractivity contribution in [3.8, 4) is 23.0 Å². The van der Waals surface area contributed by atoms with E-state index >= 15 is 4.39 Å². The van der Waals surface area contributed by atoms with Crippen LogP contribution in [0.15, 0.2) is 65.9 Å². The van der Waals surface area contributed by atoms with Gasteiger partial charge in [0.25, 0.3) is 0 Å². The van der Waals surface area contributed by atoms with Gasteiger partial charge in [-0.25, -0.2) is 8.78 Å². The summed E-state index contributed by atoms with van der Waals surface area (Å²) in [5.41, 5.74) is 4.12. The minimum absolute atomic E-state index is 0.0131. The van der Waals surface area contributed by atoms with E-state index in [9.17, 15) is 4.39 Å². The van der Waals surface area contributed by atoms with Gasteiger partial charge in [-0.05, 0) is 68.2 Å². The van der Waals surface area contributed by atoms with Gasteiger partial charge in [0.05, 0.1) is 30.5 Å². The van der Waals surface area contributed by atoms with Crippen LogP contribution in [-0.2, 0) is 0 Å². The summed E-state index contributed by atoms with van der Waals surface area (Å²) in [6.07, 6.45) is 3.88. The summed E-state index contributed by atoms with van der Waals surface area (Å²) in [7, 11) is 3.72. The molecule has 5 rings (SSSR count). The number of pyridine rings is 1. The van der Waals surface area contributed by atoms with Gasteiger partial charge in [-0.2, -0.15) is 5.10 Å². The van der Waals surface area contributed by atoms with Crippen LogP contribution in [0.4, 0.5) is 14.5 Å². The van der Waals surface area contributed by atoms with Gasteiger partial charge in [0.2, 0.25) is 0 Å². The van der Waals surface area contributed by atoms with E-state index in [4.69, 9.17) is 38.0 Å². The molecule has 9 nitrogen and oxygen atoms in total. The molecule has 1 saturated heterocycles. The Balaban J connectivity index is 1.20. The monoisotopic (exact) mass is 654 g/mol. The largest absolute Gasteiger partial charge is 0.493 e. The van der Waals surface area contributed by atoms with Crippen molar-refractivity contribution >= 4 is 51.7 Å². The molecule has 13 heteroatoms. The van der Waals surface area contributed by atoms with Gasteiger partial charge in [0.15, 0.2) is 28.2 Å². The van der Waals surface area contributed by atoms with Crippen molar-refractivity contribution in [2.75, 3.05) is 58.8 Å². The lowest BCUT2D eigenvalue weighted by molar-refractivity contribution is 0.145. The molecule has 1 aliphatic rings. The molecule has 236 valence electrons. The second-order valence-electron chi connectivity index (χ2n) is 10.4. The highest BCUT2D eigenvalue weighted by atomic mass is 35.5. The van der Waals surface area contributed by atoms with E-state index in [1.807, 2.05) is 0 Å². The van der Waals surface area contributed by atoms with Crippen LogP contribution in [-0.4, -0.2) is 79.6 Å². The number of hydrogen-bond acceptors (Lipinski definition) is 8. The molecule has 0 radical (unpaired) electrons. The fourth-order valence-electron chi connectivity index (χ4n) is 4.74. The van der Waals surface area contributed by atoms with Gasteiger partial charge in [0.1, 0.15) is 11.6 Å². The number of piperazine rings is 1. The van der Waals surface area contributed by atoms with Crippen LogP contribution in [0.25, 0.3) is 10.9 Å². The summed E-state index contributed by atoms with van der Waals surface area (Å²) in [6.45, 7) is 5.82. The zero-order chi connectivity index (χ0) is 31.8. The number of nitrogens with zero attached hydrogens (tertiary/aromatic N) is 4. The number of benzene rings is 3. The maximum absolute atomic E-state index is 15.1. The Labute approximate surface area is 270 Å². The average molecular weight is 655 g/mol. The number of anilines is 1. The van der Waals surface area contributed by atoms with E-state index in [0.717, 1.165) is 39.1 Å². The van der Waals surface area contributed by atoms with Crippen molar-refractivity contribution in [1.82, 2.24) is 20.2 Å². The molecule has 0 saturated carbocycles. The topological polar surface area (TPSA) is 83.5 Å². The number of fused-ring (bicyclic) bond motifs is 1. The number of likely N-dealkylation sites (N-methyl/N-ethyl adjacent to an activating group) is 1. The van der Waals surface area contributed by atoms with Gasteiger partial charge in [-0.3, -0.25) is 10.4 Å². The SMILES string of the molecule is COc1cc2c(Oc3ccc(NC(=S)N/N=C/c4ccc(F)cc4Cl)cc3F)ccnc2cc1OCCCN1CCN(C)CC1. The molecule has 0 unspecified atom stereocenters. The summed E-state index contributed by atoms with van der Waals surface area (Å²) in [6, 6.07) is 13.5. The second-order valence-corrected chi connectivity index (χ2v) is 11.2. The lowest BCUT2D eigenvalue weighted by Crippen LogP contribution is -2.44. The molecule has 1 aromatic heterocycles. The number of nitrogens with one attached hydrogen (secondary N) is 2. The molecule has 4 aromatic rings. The standard InChI is InChI=1S/C32H33ClF2N6O3S/c1-40-11-13-41(14-12-40)10-3-15-43-31-19-27-24(18-30(31)42-2)28(8-9-36-27)44-29-7-6-23(17-26(29)35)38-32(45)39-37-20-21-4-5-22(34)16-25(21)33/h4-9,16-20H,3,10-15H2,1-2H3,(H2,38,39,45)/b37-20+. The molecular weight excluding hydrogens is 622 g/mol. The number of hydrazone groups is 1. The first-order chi connectivity index (χ1) is 21.8. The number of thiocarbonyl (C=S) groups is 1. The minimum atomic E-state index is -0.610. The Morgan fingerprint density at radius 3 is 2.60 bits per heavy atom. The lowest BCUT2D eigenvalue weighted by atomic mass is 10.1. The average Bonchev–Trinajstić information content (AvgIpc) is 3.02. The molecular formula is C32H33ClF2N6O3S. The maximum Gasteiger partial charge on any atom is 0.191 e. The summed E-state index contributed by atoms with van der Waals surface area (Å²) in [5.74, 6) is 0.483. The molecule has 0 atom stereocenters. The maximum atomic E-state index is 15.1. The first-order valence-corrected chi connectivity index (χ1v) is 15.1. The van der Waals surface area contributed by atoms with Gasteiger partial charge in [0, 0.05) is 67.7 Å². The summed E-state index contributed by atoms with van der Waals surface area (Å²) in [5, 5.41) is 7.80. The summed E-state index contributed by atoms with van der Waals surface area (Å²) < 4.78 is 46.0. The molecule has 3 aromatic carbocycles. The Morgan fingerprint density at radius 1 is 1.02 bits per heavy atom. The Bertz CT molecular complexity index is 1690. The predicted molar refractivity (Wildman–Crippen MR) is 177 cm³/mol. The van der Waals surface area contributed by atoms with Gasteiger partial charge < -0.3 is 29.3 Å². The fourth-order valence-corrected chi connectivity index (χ4v) is 5.12. The van der Waals surface area contributed by atoms with Crippen LogP contribution in [0, 0.1) is 11.6 Å². The Morgan fingerprint density at radius 2 is 1.84 bits per heavy atom.